The van der Waals surface area contributed by atoms with Gasteiger partial charge in [-0.3, -0.25) is 4.79 Å². The summed E-state index contributed by atoms with van der Waals surface area (Å²) in [5, 5.41) is 11.0. The lowest BCUT2D eigenvalue weighted by atomic mass is 9.84. The molecular formula is C26H40O5Si. The zero-order valence-electron chi connectivity index (χ0n) is 20.8. The number of furan rings is 1. The molecule has 0 saturated carbocycles. The average molecular weight is 461 g/mol. The topological polar surface area (TPSA) is 68.9 Å². The number of carbonyl (C=O) groups is 1. The molecule has 1 aromatic rings. The van der Waals surface area contributed by atoms with Crippen LogP contribution in [0.1, 0.15) is 71.0 Å². The molecule has 0 radical (unpaired) electrons. The third-order valence-electron chi connectivity index (χ3n) is 7.47. The molecule has 1 N–H and O–H groups in total. The van der Waals surface area contributed by atoms with Gasteiger partial charge in [0.25, 0.3) is 0 Å². The van der Waals surface area contributed by atoms with Gasteiger partial charge in [0.15, 0.2) is 8.32 Å². The summed E-state index contributed by atoms with van der Waals surface area (Å²) in [5.41, 5.74) is 3.12. The van der Waals surface area contributed by atoms with E-state index in [1.54, 1.807) is 0 Å². The van der Waals surface area contributed by atoms with Crippen molar-refractivity contribution in [1.29, 1.82) is 0 Å². The van der Waals surface area contributed by atoms with Crippen molar-refractivity contribution in [3.8, 4) is 0 Å². The normalized spacial score (nSPS) is 28.8. The van der Waals surface area contributed by atoms with E-state index in [0.717, 1.165) is 28.2 Å². The van der Waals surface area contributed by atoms with Crippen LogP contribution in [-0.4, -0.2) is 31.6 Å². The lowest BCUT2D eigenvalue weighted by Gasteiger charge is -2.36. The van der Waals surface area contributed by atoms with Gasteiger partial charge in [0.2, 0.25) is 0 Å². The van der Waals surface area contributed by atoms with Gasteiger partial charge >= 0.3 is 5.97 Å². The van der Waals surface area contributed by atoms with Gasteiger partial charge in [0.05, 0.1) is 18.6 Å². The monoisotopic (exact) mass is 460 g/mol. The third kappa shape index (κ3) is 5.64. The van der Waals surface area contributed by atoms with Crippen molar-refractivity contribution < 1.29 is 23.5 Å². The Morgan fingerprint density at radius 3 is 2.59 bits per heavy atom. The molecule has 1 saturated heterocycles. The molecule has 3 rings (SSSR count). The van der Waals surface area contributed by atoms with Gasteiger partial charge in [-0.05, 0) is 56.5 Å². The van der Waals surface area contributed by atoms with E-state index in [2.05, 4.69) is 46.5 Å². The van der Waals surface area contributed by atoms with Crippen LogP contribution in [0.25, 0.3) is 6.08 Å². The van der Waals surface area contributed by atoms with E-state index in [1.807, 2.05) is 19.9 Å². The van der Waals surface area contributed by atoms with Crippen LogP contribution in [0.15, 0.2) is 28.2 Å². The highest BCUT2D eigenvalue weighted by atomic mass is 28.4. The number of ether oxygens (including phenoxy) is 1. The van der Waals surface area contributed by atoms with Gasteiger partial charge in [-0.2, -0.15) is 0 Å². The second-order valence-corrected chi connectivity index (χ2v) is 16.1. The number of hydrogen-bond acceptors (Lipinski definition) is 5. The predicted molar refractivity (Wildman–Crippen MR) is 130 cm³/mol. The fourth-order valence-corrected chi connectivity index (χ4v) is 5.20. The molecule has 0 aromatic carbocycles. The second-order valence-electron chi connectivity index (χ2n) is 11.3. The first-order chi connectivity index (χ1) is 14.8. The van der Waals surface area contributed by atoms with E-state index in [0.29, 0.717) is 32.3 Å². The van der Waals surface area contributed by atoms with Gasteiger partial charge in [-0.25, -0.2) is 0 Å². The minimum absolute atomic E-state index is 0.00769. The molecule has 0 spiro atoms. The van der Waals surface area contributed by atoms with Crippen molar-refractivity contribution in [2.24, 2.45) is 11.8 Å². The number of rotatable bonds is 4. The Morgan fingerprint density at radius 1 is 1.28 bits per heavy atom. The fourth-order valence-electron chi connectivity index (χ4n) is 4.25. The lowest BCUT2D eigenvalue weighted by molar-refractivity contribution is -0.146. The van der Waals surface area contributed by atoms with Crippen molar-refractivity contribution in [2.45, 2.75) is 97.2 Å². The first kappa shape index (κ1) is 25.0. The number of esters is 1. The summed E-state index contributed by atoms with van der Waals surface area (Å²) >= 11 is 0. The largest absolute Gasteiger partial charge is 0.462 e. The second kappa shape index (κ2) is 9.32. The average Bonchev–Trinajstić information content (AvgIpc) is 3.20. The highest BCUT2D eigenvalue weighted by Crippen LogP contribution is 2.38. The van der Waals surface area contributed by atoms with E-state index >= 15 is 0 Å². The van der Waals surface area contributed by atoms with Gasteiger partial charge in [0, 0.05) is 24.8 Å². The van der Waals surface area contributed by atoms with Crippen LogP contribution in [0.3, 0.4) is 0 Å². The quantitative estimate of drug-likeness (QED) is 0.338. The number of allylic oxidation sites excluding steroid dienone is 1. The van der Waals surface area contributed by atoms with Crippen LogP contribution in [0.2, 0.25) is 18.1 Å². The van der Waals surface area contributed by atoms with Crippen LogP contribution >= 0.6 is 0 Å². The van der Waals surface area contributed by atoms with E-state index in [9.17, 15) is 9.90 Å². The smallest absolute Gasteiger partial charge is 0.311 e. The van der Waals surface area contributed by atoms with Gasteiger partial charge < -0.3 is 18.7 Å². The molecule has 0 aliphatic carbocycles. The standard InChI is InChI=1S/C26H40O5Si/c1-16(2)18-12-23(27)22-14-21(31-25(22)28)10-17(3)9-20-11-19(24(13-18)30-20)15-29-32(7,8)26(4,5)6/h9,11,18,21-23,27H,1,10,12-15H2,2-8H3/b17-9+/t18-,21-,22?,23-/m1/s1. The highest BCUT2D eigenvalue weighted by molar-refractivity contribution is 6.74. The Kier molecular flexibility index (Phi) is 7.28. The van der Waals surface area contributed by atoms with Crippen molar-refractivity contribution in [3.63, 3.8) is 0 Å². The van der Waals surface area contributed by atoms with Crippen molar-refractivity contribution in [3.05, 3.63) is 40.9 Å². The number of fused-ring (bicyclic) bond motifs is 4. The molecule has 1 unspecified atom stereocenters. The summed E-state index contributed by atoms with van der Waals surface area (Å²) in [7, 11) is -1.91. The van der Waals surface area contributed by atoms with Gasteiger partial charge in [-0.15, -0.1) is 0 Å². The molecule has 0 amide bonds. The molecule has 32 heavy (non-hydrogen) atoms. The Labute approximate surface area is 194 Å². The minimum Gasteiger partial charge on any atom is -0.462 e. The summed E-state index contributed by atoms with van der Waals surface area (Å²) in [6, 6.07) is 2.08. The molecule has 5 nitrogen and oxygen atoms in total. The van der Waals surface area contributed by atoms with E-state index in [4.69, 9.17) is 13.6 Å². The molecule has 2 aliphatic rings. The molecular weight excluding hydrogens is 420 g/mol. The highest BCUT2D eigenvalue weighted by Gasteiger charge is 2.40. The zero-order chi connectivity index (χ0) is 23.8. The summed E-state index contributed by atoms with van der Waals surface area (Å²) in [6.45, 7) is 19.9. The van der Waals surface area contributed by atoms with Crippen molar-refractivity contribution in [1.82, 2.24) is 0 Å². The third-order valence-corrected chi connectivity index (χ3v) is 11.9. The molecule has 4 bridgehead atoms. The number of hydrogen-bond donors (Lipinski definition) is 1. The van der Waals surface area contributed by atoms with Crippen molar-refractivity contribution in [2.75, 3.05) is 0 Å². The molecule has 178 valence electrons. The fraction of sp³-hybridized carbons (Fsp3) is 0.654. The molecule has 4 atom stereocenters. The first-order valence-electron chi connectivity index (χ1n) is 11.7. The number of aliphatic hydroxyl groups is 1. The van der Waals surface area contributed by atoms with E-state index < -0.39 is 20.3 Å². The van der Waals surface area contributed by atoms with Crippen LogP contribution in [0, 0.1) is 11.8 Å². The molecule has 3 heterocycles. The van der Waals surface area contributed by atoms with Crippen LogP contribution < -0.4 is 0 Å². The Morgan fingerprint density at radius 2 is 1.97 bits per heavy atom. The first-order valence-corrected chi connectivity index (χ1v) is 14.6. The minimum atomic E-state index is -1.91. The van der Waals surface area contributed by atoms with Gasteiger partial charge in [0.1, 0.15) is 17.6 Å². The maximum atomic E-state index is 12.4. The summed E-state index contributed by atoms with van der Waals surface area (Å²) < 4.78 is 18.4. The Hall–Kier alpha value is -1.63. The lowest BCUT2D eigenvalue weighted by Crippen LogP contribution is -2.40. The Balaban J connectivity index is 1.94. The summed E-state index contributed by atoms with van der Waals surface area (Å²) in [6.07, 6.45) is 3.38. The van der Waals surface area contributed by atoms with E-state index in [-0.39, 0.29) is 23.0 Å². The maximum absolute atomic E-state index is 12.4. The van der Waals surface area contributed by atoms with Crippen LogP contribution in [-0.2, 0) is 27.0 Å². The molecule has 1 aromatic heterocycles. The SMILES string of the molecule is C=C(C)[C@H]1Cc2oc(cc2CO[Si](C)(C)C(C)(C)C)/C=C(\C)C[C@@H]2CC(C(=O)O2)[C@H](O)C1. The molecule has 6 heteroatoms. The van der Waals surface area contributed by atoms with Crippen LogP contribution in [0.5, 0.6) is 0 Å². The summed E-state index contributed by atoms with van der Waals surface area (Å²) in [5.74, 6) is 0.938. The predicted octanol–water partition coefficient (Wildman–Crippen LogP) is 6.03. The maximum Gasteiger partial charge on any atom is 0.311 e. The van der Waals surface area contributed by atoms with Crippen LogP contribution in [0.4, 0.5) is 0 Å². The molecule has 2 aliphatic heterocycles. The van der Waals surface area contributed by atoms with Crippen molar-refractivity contribution >= 4 is 20.4 Å². The number of aliphatic hydroxyl groups excluding tert-OH is 1. The Bertz CT molecular complexity index is 889. The van der Waals surface area contributed by atoms with E-state index in [1.165, 1.54) is 0 Å². The molecule has 1 fully saturated rings. The van der Waals surface area contributed by atoms with Gasteiger partial charge in [-0.1, -0.05) is 38.5 Å². The summed E-state index contributed by atoms with van der Waals surface area (Å²) in [4.78, 5) is 12.4. The zero-order valence-corrected chi connectivity index (χ0v) is 21.8. The number of carbonyl (C=O) groups excluding carboxylic acids is 1.